The van der Waals surface area contributed by atoms with Gasteiger partial charge in [0.1, 0.15) is 4.21 Å². The summed E-state index contributed by atoms with van der Waals surface area (Å²) in [5.74, 6) is -3.45. The van der Waals surface area contributed by atoms with E-state index in [1.54, 1.807) is 0 Å². The maximum Gasteiger partial charge on any atom is 0.393 e. The molecular formula is C10H11ClF3NO4S2. The fourth-order valence-corrected chi connectivity index (χ4v) is 4.01. The largest absolute Gasteiger partial charge is 0.481 e. The van der Waals surface area contributed by atoms with Crippen molar-refractivity contribution >= 4 is 38.9 Å². The van der Waals surface area contributed by atoms with Crippen LogP contribution in [0.25, 0.3) is 0 Å². The summed E-state index contributed by atoms with van der Waals surface area (Å²) >= 11 is 6.28. The van der Waals surface area contributed by atoms with Gasteiger partial charge in [-0.25, -0.2) is 13.1 Å². The molecule has 1 rings (SSSR count). The molecule has 0 aliphatic heterocycles. The Bertz CT molecular complexity index is 600. The molecule has 0 unspecified atom stereocenters. The average Bonchev–Trinajstić information content (AvgIpc) is 2.74. The molecule has 0 saturated carbocycles. The number of alkyl halides is 3. The third-order valence-electron chi connectivity index (χ3n) is 2.50. The van der Waals surface area contributed by atoms with Gasteiger partial charge in [-0.05, 0) is 18.6 Å². The lowest BCUT2D eigenvalue weighted by Crippen LogP contribution is -2.36. The molecule has 1 atom stereocenters. The van der Waals surface area contributed by atoms with Gasteiger partial charge in [-0.15, -0.1) is 11.3 Å². The van der Waals surface area contributed by atoms with Gasteiger partial charge in [-0.3, -0.25) is 4.79 Å². The zero-order chi connectivity index (χ0) is 16.3. The summed E-state index contributed by atoms with van der Waals surface area (Å²) in [4.78, 5) is 10.3. The van der Waals surface area contributed by atoms with Crippen LogP contribution in [0.4, 0.5) is 13.2 Å². The lowest BCUT2D eigenvalue weighted by atomic mass is 10.0. The first-order valence-electron chi connectivity index (χ1n) is 5.56. The summed E-state index contributed by atoms with van der Waals surface area (Å²) in [6.45, 7) is -0.922. The molecule has 0 radical (unpaired) electrons. The molecule has 0 spiro atoms. The lowest BCUT2D eigenvalue weighted by Gasteiger charge is -2.19. The van der Waals surface area contributed by atoms with Crippen LogP contribution < -0.4 is 4.72 Å². The minimum atomic E-state index is -4.69. The smallest absolute Gasteiger partial charge is 0.393 e. The minimum Gasteiger partial charge on any atom is -0.481 e. The van der Waals surface area contributed by atoms with E-state index in [2.05, 4.69) is 0 Å². The summed E-state index contributed by atoms with van der Waals surface area (Å²) < 4.78 is 63.5. The van der Waals surface area contributed by atoms with Gasteiger partial charge < -0.3 is 5.11 Å². The number of carboxylic acids is 1. The highest BCUT2D eigenvalue weighted by Crippen LogP contribution is 2.30. The lowest BCUT2D eigenvalue weighted by molar-refractivity contribution is -0.175. The predicted octanol–water partition coefficient (Wildman–Crippen LogP) is 2.72. The van der Waals surface area contributed by atoms with Gasteiger partial charge >= 0.3 is 12.1 Å². The van der Waals surface area contributed by atoms with E-state index in [1.165, 1.54) is 12.1 Å². The molecule has 5 nitrogen and oxygen atoms in total. The molecule has 0 amide bonds. The number of rotatable bonds is 7. The first-order valence-corrected chi connectivity index (χ1v) is 8.23. The van der Waals surface area contributed by atoms with Crippen LogP contribution in [-0.4, -0.2) is 32.2 Å². The van der Waals surface area contributed by atoms with E-state index in [4.69, 9.17) is 16.7 Å². The van der Waals surface area contributed by atoms with Crippen molar-refractivity contribution in [3.63, 3.8) is 0 Å². The van der Waals surface area contributed by atoms with Gasteiger partial charge in [-0.2, -0.15) is 13.2 Å². The summed E-state index contributed by atoms with van der Waals surface area (Å²) in [6.07, 6.45) is -6.09. The standard InChI is InChI=1S/C10H11ClF3NO4S2/c11-7-2-4-9(20-7)21(18,19)15-5-6(10(12,13)14)1-3-8(16)17/h2,4,6,15H,1,3,5H2,(H,16,17)/t6-/m1/s1. The zero-order valence-electron chi connectivity index (χ0n) is 10.4. The molecule has 2 N–H and O–H groups in total. The van der Waals surface area contributed by atoms with Gasteiger partial charge in [0.05, 0.1) is 10.3 Å². The van der Waals surface area contributed by atoms with E-state index in [9.17, 15) is 26.4 Å². The van der Waals surface area contributed by atoms with Gasteiger partial charge in [0.2, 0.25) is 10.0 Å². The van der Waals surface area contributed by atoms with Crippen LogP contribution >= 0.6 is 22.9 Å². The van der Waals surface area contributed by atoms with Crippen LogP contribution in [0.3, 0.4) is 0 Å². The van der Waals surface area contributed by atoms with Crippen LogP contribution in [0.2, 0.25) is 4.34 Å². The number of aliphatic carboxylic acids is 1. The Morgan fingerprint density at radius 2 is 2.05 bits per heavy atom. The van der Waals surface area contributed by atoms with Crippen molar-refractivity contribution in [1.29, 1.82) is 0 Å². The molecule has 1 aromatic heterocycles. The number of hydrogen-bond acceptors (Lipinski definition) is 4. The zero-order valence-corrected chi connectivity index (χ0v) is 12.7. The Morgan fingerprint density at radius 3 is 2.48 bits per heavy atom. The molecule has 1 aromatic rings. The molecule has 0 aliphatic rings. The van der Waals surface area contributed by atoms with Crippen molar-refractivity contribution in [3.05, 3.63) is 16.5 Å². The van der Waals surface area contributed by atoms with Crippen molar-refractivity contribution in [2.45, 2.75) is 23.2 Å². The topological polar surface area (TPSA) is 83.5 Å². The van der Waals surface area contributed by atoms with Crippen LogP contribution in [0.1, 0.15) is 12.8 Å². The molecule has 0 aromatic carbocycles. The summed E-state index contributed by atoms with van der Waals surface area (Å²) in [6, 6.07) is 2.49. The quantitative estimate of drug-likeness (QED) is 0.778. The Morgan fingerprint density at radius 1 is 1.43 bits per heavy atom. The van der Waals surface area contributed by atoms with E-state index in [1.807, 2.05) is 4.72 Å². The normalized spacial score (nSPS) is 14.1. The minimum absolute atomic E-state index is 0.189. The second kappa shape index (κ2) is 6.95. The fourth-order valence-electron chi connectivity index (χ4n) is 1.40. The highest BCUT2D eigenvalue weighted by atomic mass is 35.5. The van der Waals surface area contributed by atoms with E-state index < -0.39 is 47.5 Å². The van der Waals surface area contributed by atoms with Gasteiger partial charge in [-0.1, -0.05) is 11.6 Å². The van der Waals surface area contributed by atoms with Crippen LogP contribution in [0, 0.1) is 5.92 Å². The number of halogens is 4. The van der Waals surface area contributed by atoms with Crippen molar-refractivity contribution in [2.24, 2.45) is 5.92 Å². The number of hydrogen-bond donors (Lipinski definition) is 2. The van der Waals surface area contributed by atoms with Crippen molar-refractivity contribution in [2.75, 3.05) is 6.54 Å². The predicted molar refractivity (Wildman–Crippen MR) is 70.9 cm³/mol. The number of nitrogens with one attached hydrogen (secondary N) is 1. The maximum atomic E-state index is 12.7. The van der Waals surface area contributed by atoms with E-state index in [0.717, 1.165) is 0 Å². The Labute approximate surface area is 127 Å². The van der Waals surface area contributed by atoms with E-state index >= 15 is 0 Å². The molecule has 120 valence electrons. The number of carbonyl (C=O) groups is 1. The van der Waals surface area contributed by atoms with Crippen molar-refractivity contribution in [1.82, 2.24) is 4.72 Å². The van der Waals surface area contributed by atoms with Crippen molar-refractivity contribution < 1.29 is 31.5 Å². The van der Waals surface area contributed by atoms with Crippen molar-refractivity contribution in [3.8, 4) is 0 Å². The van der Waals surface area contributed by atoms with Crippen LogP contribution in [-0.2, 0) is 14.8 Å². The van der Waals surface area contributed by atoms with E-state index in [-0.39, 0.29) is 8.55 Å². The molecular weight excluding hydrogens is 355 g/mol. The number of carboxylic acid groups (broad SMARTS) is 1. The molecule has 21 heavy (non-hydrogen) atoms. The molecule has 0 saturated heterocycles. The number of thiophene rings is 1. The average molecular weight is 366 g/mol. The fraction of sp³-hybridized carbons (Fsp3) is 0.500. The third kappa shape index (κ3) is 5.81. The first kappa shape index (κ1) is 18.2. The van der Waals surface area contributed by atoms with Gasteiger partial charge in [0.25, 0.3) is 0 Å². The Kier molecular flexibility index (Phi) is 6.02. The second-order valence-corrected chi connectivity index (χ2v) is 7.79. The van der Waals surface area contributed by atoms with E-state index in [0.29, 0.717) is 11.3 Å². The van der Waals surface area contributed by atoms with Gasteiger partial charge in [0, 0.05) is 13.0 Å². The maximum absolute atomic E-state index is 12.7. The van der Waals surface area contributed by atoms with Gasteiger partial charge in [0.15, 0.2) is 0 Å². The molecule has 0 aliphatic carbocycles. The SMILES string of the molecule is O=C(O)CC[C@H](CNS(=O)(=O)c1ccc(Cl)s1)C(F)(F)F. The third-order valence-corrected chi connectivity index (χ3v) is 5.65. The highest BCUT2D eigenvalue weighted by molar-refractivity contribution is 7.91. The Hall–Kier alpha value is -0.840. The summed E-state index contributed by atoms with van der Waals surface area (Å²) in [5.41, 5.74) is 0. The first-order chi connectivity index (χ1) is 9.52. The van der Waals surface area contributed by atoms with Crippen LogP contribution in [0.15, 0.2) is 16.3 Å². The second-order valence-electron chi connectivity index (χ2n) is 4.08. The molecule has 11 heteroatoms. The van der Waals surface area contributed by atoms with Crippen LogP contribution in [0.5, 0.6) is 0 Å². The summed E-state index contributed by atoms with van der Waals surface area (Å²) in [7, 11) is -4.10. The molecule has 0 fully saturated rings. The summed E-state index contributed by atoms with van der Waals surface area (Å²) in [5, 5.41) is 8.42. The molecule has 1 heterocycles. The highest BCUT2D eigenvalue weighted by Gasteiger charge is 2.40. The Balaban J connectivity index is 2.74. The monoisotopic (exact) mass is 365 g/mol. The molecule has 0 bridgehead atoms. The number of sulfonamides is 1.